The zero-order valence-corrected chi connectivity index (χ0v) is 18.7. The van der Waals surface area contributed by atoms with Crippen molar-refractivity contribution in [3.63, 3.8) is 0 Å². The molecule has 4 N–H and O–H groups in total. The minimum Gasteiger partial charge on any atom is -0.508 e. The molecular weight excluding hydrogens is 412 g/mol. The fourth-order valence-electron chi connectivity index (χ4n) is 3.52. The van der Waals surface area contributed by atoms with Crippen molar-refractivity contribution in [3.8, 4) is 5.75 Å². The largest absolute Gasteiger partial charge is 0.508 e. The van der Waals surface area contributed by atoms with Crippen molar-refractivity contribution in [1.82, 2.24) is 20.9 Å². The molecule has 1 fully saturated rings. The predicted molar refractivity (Wildman–Crippen MR) is 124 cm³/mol. The SMILES string of the molecule is O=C(CNCCN1CCCCC1)c1ccc(C(=O)NCCNCc2ccc(O)cc2)s1. The number of ketones is 1. The molecule has 7 nitrogen and oxygen atoms in total. The Bertz CT molecular complexity index is 832. The van der Waals surface area contributed by atoms with E-state index in [0.717, 1.165) is 31.7 Å². The van der Waals surface area contributed by atoms with Gasteiger partial charge in [0.2, 0.25) is 0 Å². The zero-order valence-electron chi connectivity index (χ0n) is 17.9. The molecule has 0 unspecified atom stereocenters. The van der Waals surface area contributed by atoms with Crippen molar-refractivity contribution in [3.05, 3.63) is 51.7 Å². The number of nitrogens with one attached hydrogen (secondary N) is 3. The number of nitrogens with zero attached hydrogens (tertiary/aromatic N) is 1. The van der Waals surface area contributed by atoms with Gasteiger partial charge in [0, 0.05) is 32.7 Å². The van der Waals surface area contributed by atoms with Crippen molar-refractivity contribution in [1.29, 1.82) is 0 Å². The van der Waals surface area contributed by atoms with Gasteiger partial charge in [-0.05, 0) is 55.8 Å². The van der Waals surface area contributed by atoms with Crippen LogP contribution in [-0.4, -0.2) is 67.5 Å². The summed E-state index contributed by atoms with van der Waals surface area (Å²) in [5.74, 6) is 0.116. The van der Waals surface area contributed by atoms with E-state index in [4.69, 9.17) is 0 Å². The Balaban J connectivity index is 1.29. The molecule has 168 valence electrons. The first-order chi connectivity index (χ1) is 15.1. The maximum Gasteiger partial charge on any atom is 0.261 e. The Morgan fingerprint density at radius 1 is 0.903 bits per heavy atom. The van der Waals surface area contributed by atoms with Gasteiger partial charge in [0.25, 0.3) is 5.91 Å². The Morgan fingerprint density at radius 3 is 2.42 bits per heavy atom. The van der Waals surface area contributed by atoms with Crippen LogP contribution < -0.4 is 16.0 Å². The van der Waals surface area contributed by atoms with E-state index in [2.05, 4.69) is 20.9 Å². The number of hydrogen-bond donors (Lipinski definition) is 4. The number of benzene rings is 1. The van der Waals surface area contributed by atoms with Gasteiger partial charge in [0.15, 0.2) is 5.78 Å². The average Bonchev–Trinajstić information content (AvgIpc) is 3.29. The summed E-state index contributed by atoms with van der Waals surface area (Å²) in [4.78, 5) is 28.3. The second-order valence-electron chi connectivity index (χ2n) is 7.77. The highest BCUT2D eigenvalue weighted by molar-refractivity contribution is 7.16. The summed E-state index contributed by atoms with van der Waals surface area (Å²) in [6, 6.07) is 10.5. The molecule has 0 atom stereocenters. The highest BCUT2D eigenvalue weighted by atomic mass is 32.1. The molecule has 1 aromatic carbocycles. The van der Waals surface area contributed by atoms with Gasteiger partial charge in [0.05, 0.1) is 16.3 Å². The molecule has 0 radical (unpaired) electrons. The fraction of sp³-hybridized carbons (Fsp3) is 0.478. The summed E-state index contributed by atoms with van der Waals surface area (Å²) >= 11 is 1.24. The second-order valence-corrected chi connectivity index (χ2v) is 8.85. The van der Waals surface area contributed by atoms with Gasteiger partial charge in [-0.2, -0.15) is 0 Å². The first kappa shape index (κ1) is 23.4. The van der Waals surface area contributed by atoms with E-state index in [-0.39, 0.29) is 17.4 Å². The highest BCUT2D eigenvalue weighted by Gasteiger charge is 2.14. The second kappa shape index (κ2) is 12.6. The molecule has 1 aliphatic rings. The van der Waals surface area contributed by atoms with Crippen molar-refractivity contribution < 1.29 is 14.7 Å². The Morgan fingerprint density at radius 2 is 1.65 bits per heavy atom. The van der Waals surface area contributed by atoms with Crippen LogP contribution in [0.25, 0.3) is 0 Å². The number of carbonyl (C=O) groups is 2. The quantitative estimate of drug-likeness (QED) is 0.296. The van der Waals surface area contributed by atoms with Crippen molar-refractivity contribution in [2.45, 2.75) is 25.8 Å². The van der Waals surface area contributed by atoms with E-state index >= 15 is 0 Å². The highest BCUT2D eigenvalue weighted by Crippen LogP contribution is 2.17. The maximum absolute atomic E-state index is 12.4. The van der Waals surface area contributed by atoms with Crippen LogP contribution in [0.5, 0.6) is 5.75 Å². The number of thiophene rings is 1. The van der Waals surface area contributed by atoms with Crippen LogP contribution in [0.4, 0.5) is 0 Å². The van der Waals surface area contributed by atoms with E-state index < -0.39 is 0 Å². The lowest BCUT2D eigenvalue weighted by Gasteiger charge is -2.26. The fourth-order valence-corrected chi connectivity index (χ4v) is 4.38. The molecule has 8 heteroatoms. The molecule has 2 aromatic rings. The standard InChI is InChI=1S/C23H32N4O3S/c28-19-6-4-18(5-7-19)16-24-10-11-26-23(30)22-9-8-21(31-22)20(29)17-25-12-15-27-13-2-1-3-14-27/h4-9,24-25,28H,1-3,10-17H2,(H,26,30). The van der Waals surface area contributed by atoms with Crippen LogP contribution in [0.2, 0.25) is 0 Å². The molecule has 2 heterocycles. The van der Waals surface area contributed by atoms with Crippen LogP contribution in [0, 0.1) is 0 Å². The molecule has 0 saturated carbocycles. The first-order valence-corrected chi connectivity index (χ1v) is 11.8. The number of phenolic OH excluding ortho intramolecular Hbond substituents is 1. The van der Waals surface area contributed by atoms with E-state index in [1.165, 1.54) is 30.6 Å². The molecule has 31 heavy (non-hydrogen) atoms. The maximum atomic E-state index is 12.4. The number of Topliss-reactive ketones (excluding diaryl/α,β-unsaturated/α-hetero) is 1. The predicted octanol–water partition coefficient (Wildman–Crippen LogP) is 2.23. The van der Waals surface area contributed by atoms with Crippen LogP contribution in [0.1, 0.15) is 44.2 Å². The Labute approximate surface area is 187 Å². The number of likely N-dealkylation sites (tertiary alicyclic amines) is 1. The zero-order chi connectivity index (χ0) is 21.9. The van der Waals surface area contributed by atoms with Crippen LogP contribution >= 0.6 is 11.3 Å². The number of hydrogen-bond acceptors (Lipinski definition) is 7. The van der Waals surface area contributed by atoms with Crippen molar-refractivity contribution >= 4 is 23.0 Å². The Hall–Kier alpha value is -2.26. The number of aromatic hydroxyl groups is 1. The van der Waals surface area contributed by atoms with Gasteiger partial charge in [-0.25, -0.2) is 0 Å². The summed E-state index contributed by atoms with van der Waals surface area (Å²) < 4.78 is 0. The van der Waals surface area contributed by atoms with Gasteiger partial charge < -0.3 is 26.0 Å². The van der Waals surface area contributed by atoms with Crippen LogP contribution in [-0.2, 0) is 6.54 Å². The molecule has 0 spiro atoms. The number of amides is 1. The van der Waals surface area contributed by atoms with Crippen LogP contribution in [0.3, 0.4) is 0 Å². The number of carbonyl (C=O) groups excluding carboxylic acids is 2. The minimum atomic E-state index is -0.159. The average molecular weight is 445 g/mol. The molecule has 1 amide bonds. The van der Waals surface area contributed by atoms with Gasteiger partial charge >= 0.3 is 0 Å². The van der Waals surface area contributed by atoms with Gasteiger partial charge in [-0.1, -0.05) is 18.6 Å². The third kappa shape index (κ3) is 8.06. The van der Waals surface area contributed by atoms with E-state index in [9.17, 15) is 14.7 Å². The molecule has 0 bridgehead atoms. The number of piperidine rings is 1. The van der Waals surface area contributed by atoms with E-state index in [0.29, 0.717) is 35.9 Å². The lowest BCUT2D eigenvalue weighted by Crippen LogP contribution is -2.37. The van der Waals surface area contributed by atoms with Crippen molar-refractivity contribution in [2.24, 2.45) is 0 Å². The minimum absolute atomic E-state index is 0.0262. The third-order valence-electron chi connectivity index (χ3n) is 5.30. The van der Waals surface area contributed by atoms with Gasteiger partial charge in [0.1, 0.15) is 5.75 Å². The molecule has 1 saturated heterocycles. The Kier molecular flexibility index (Phi) is 9.48. The topological polar surface area (TPSA) is 93.7 Å². The molecule has 1 aromatic heterocycles. The summed E-state index contributed by atoms with van der Waals surface area (Å²) in [6.07, 6.45) is 3.87. The number of phenols is 1. The first-order valence-electron chi connectivity index (χ1n) is 10.9. The van der Waals surface area contributed by atoms with Crippen molar-refractivity contribution in [2.75, 3.05) is 45.8 Å². The lowest BCUT2D eigenvalue weighted by atomic mass is 10.1. The summed E-state index contributed by atoms with van der Waals surface area (Å²) in [5, 5.41) is 18.6. The van der Waals surface area contributed by atoms with Gasteiger partial charge in [-0.3, -0.25) is 9.59 Å². The summed E-state index contributed by atoms with van der Waals surface area (Å²) in [7, 11) is 0. The third-order valence-corrected chi connectivity index (χ3v) is 6.42. The monoisotopic (exact) mass is 444 g/mol. The smallest absolute Gasteiger partial charge is 0.261 e. The van der Waals surface area contributed by atoms with Gasteiger partial charge in [-0.15, -0.1) is 11.3 Å². The number of rotatable bonds is 12. The molecule has 3 rings (SSSR count). The van der Waals surface area contributed by atoms with E-state index in [1.54, 1.807) is 24.3 Å². The summed E-state index contributed by atoms with van der Waals surface area (Å²) in [5.41, 5.74) is 1.06. The molecular formula is C23H32N4O3S. The lowest BCUT2D eigenvalue weighted by molar-refractivity contribution is 0.0956. The molecule has 0 aliphatic carbocycles. The normalized spacial score (nSPS) is 14.5. The van der Waals surface area contributed by atoms with Crippen LogP contribution in [0.15, 0.2) is 36.4 Å². The molecule has 1 aliphatic heterocycles. The van der Waals surface area contributed by atoms with E-state index in [1.807, 2.05) is 12.1 Å². The summed E-state index contributed by atoms with van der Waals surface area (Å²) in [6.45, 7) is 6.19.